The molecule has 3 aromatic carbocycles. The molecule has 3 rings (SSSR count). The molecular formula is C22H20N2O5S. The largest absolute Gasteiger partial charge is 0.465 e. The summed E-state index contributed by atoms with van der Waals surface area (Å²) >= 11 is 0. The number of nitrogens with one attached hydrogen (secondary N) is 2. The van der Waals surface area contributed by atoms with Gasteiger partial charge in [-0.2, -0.15) is 0 Å². The van der Waals surface area contributed by atoms with Crippen LogP contribution in [0.3, 0.4) is 0 Å². The summed E-state index contributed by atoms with van der Waals surface area (Å²) in [5.74, 6) is -0.954. The maximum Gasteiger partial charge on any atom is 0.337 e. The van der Waals surface area contributed by atoms with Crippen molar-refractivity contribution in [2.45, 2.75) is 11.8 Å². The van der Waals surface area contributed by atoms with Gasteiger partial charge in [-0.05, 0) is 61.0 Å². The Kier molecular flexibility index (Phi) is 6.17. The van der Waals surface area contributed by atoms with Crippen LogP contribution in [-0.2, 0) is 14.8 Å². The van der Waals surface area contributed by atoms with Gasteiger partial charge in [-0.1, -0.05) is 24.3 Å². The Bertz CT molecular complexity index is 1170. The molecule has 0 aromatic heterocycles. The van der Waals surface area contributed by atoms with E-state index in [-0.39, 0.29) is 10.5 Å². The number of anilines is 2. The van der Waals surface area contributed by atoms with E-state index in [9.17, 15) is 18.0 Å². The second kappa shape index (κ2) is 8.79. The lowest BCUT2D eigenvalue weighted by Gasteiger charge is -2.12. The summed E-state index contributed by atoms with van der Waals surface area (Å²) in [6.45, 7) is 1.66. The number of carbonyl (C=O) groups is 2. The maximum atomic E-state index is 12.8. The minimum Gasteiger partial charge on any atom is -0.465 e. The maximum absolute atomic E-state index is 12.8. The zero-order chi connectivity index (χ0) is 21.7. The van der Waals surface area contributed by atoms with Crippen LogP contribution in [0.1, 0.15) is 26.3 Å². The van der Waals surface area contributed by atoms with E-state index in [0.29, 0.717) is 22.5 Å². The highest BCUT2D eigenvalue weighted by Gasteiger charge is 2.19. The lowest BCUT2D eigenvalue weighted by molar-refractivity contribution is 0.0600. The first kappa shape index (κ1) is 21.1. The number of benzene rings is 3. The average molecular weight is 424 g/mol. The lowest BCUT2D eigenvalue weighted by Crippen LogP contribution is -2.17. The molecule has 0 saturated heterocycles. The SMILES string of the molecule is COC(=O)c1ccc(NC(=O)c2ccc(C)c(S(=O)(=O)Nc3ccccc3)c2)cc1. The van der Waals surface area contributed by atoms with E-state index < -0.39 is 21.9 Å². The van der Waals surface area contributed by atoms with Crippen molar-refractivity contribution in [3.05, 3.63) is 89.5 Å². The Morgan fingerprint density at radius 1 is 0.833 bits per heavy atom. The fourth-order valence-electron chi connectivity index (χ4n) is 2.76. The van der Waals surface area contributed by atoms with E-state index in [0.717, 1.165) is 0 Å². The number of esters is 1. The molecule has 8 heteroatoms. The second-order valence-corrected chi connectivity index (χ2v) is 8.13. The highest BCUT2D eigenvalue weighted by atomic mass is 32.2. The van der Waals surface area contributed by atoms with E-state index in [4.69, 9.17) is 0 Å². The Morgan fingerprint density at radius 2 is 1.47 bits per heavy atom. The minimum absolute atomic E-state index is 0.0139. The molecule has 0 heterocycles. The molecular weight excluding hydrogens is 404 g/mol. The molecule has 0 aliphatic heterocycles. The van der Waals surface area contributed by atoms with Crippen LogP contribution in [0.25, 0.3) is 0 Å². The number of methoxy groups -OCH3 is 1. The van der Waals surface area contributed by atoms with Gasteiger partial charge in [0.1, 0.15) is 0 Å². The van der Waals surface area contributed by atoms with E-state index in [2.05, 4.69) is 14.8 Å². The van der Waals surface area contributed by atoms with Crippen LogP contribution in [0.4, 0.5) is 11.4 Å². The van der Waals surface area contributed by atoms with Gasteiger partial charge in [-0.3, -0.25) is 9.52 Å². The molecule has 3 aromatic rings. The van der Waals surface area contributed by atoms with Gasteiger partial charge in [-0.15, -0.1) is 0 Å². The molecule has 0 radical (unpaired) electrons. The first-order chi connectivity index (χ1) is 14.3. The number of rotatable bonds is 6. The smallest absolute Gasteiger partial charge is 0.337 e. The molecule has 0 aliphatic rings. The van der Waals surface area contributed by atoms with Gasteiger partial charge in [0.25, 0.3) is 15.9 Å². The number of sulfonamides is 1. The lowest BCUT2D eigenvalue weighted by atomic mass is 10.1. The van der Waals surface area contributed by atoms with Crippen molar-refractivity contribution in [3.63, 3.8) is 0 Å². The minimum atomic E-state index is -3.87. The first-order valence-corrected chi connectivity index (χ1v) is 10.5. The molecule has 154 valence electrons. The summed E-state index contributed by atoms with van der Waals surface area (Å²) in [6, 6.07) is 19.1. The Balaban J connectivity index is 1.82. The summed E-state index contributed by atoms with van der Waals surface area (Å²) in [4.78, 5) is 24.1. The number of amides is 1. The van der Waals surface area contributed by atoms with Crippen molar-refractivity contribution in [2.24, 2.45) is 0 Å². The van der Waals surface area contributed by atoms with E-state index >= 15 is 0 Å². The standard InChI is InChI=1S/C22H20N2O5S/c1-15-8-9-17(14-20(15)30(27,28)24-19-6-4-3-5-7-19)21(25)23-18-12-10-16(11-13-18)22(26)29-2/h3-14,24H,1-2H3,(H,23,25). The van der Waals surface area contributed by atoms with Crippen molar-refractivity contribution in [1.29, 1.82) is 0 Å². The summed E-state index contributed by atoms with van der Waals surface area (Å²) in [5, 5.41) is 2.68. The van der Waals surface area contributed by atoms with Crippen LogP contribution in [0.15, 0.2) is 77.7 Å². The van der Waals surface area contributed by atoms with Crippen LogP contribution in [-0.4, -0.2) is 27.4 Å². The normalized spacial score (nSPS) is 10.9. The highest BCUT2D eigenvalue weighted by Crippen LogP contribution is 2.21. The molecule has 0 fully saturated rings. The third-order valence-corrected chi connectivity index (χ3v) is 5.85. The van der Waals surface area contributed by atoms with Crippen molar-refractivity contribution in [3.8, 4) is 0 Å². The Morgan fingerprint density at radius 3 is 2.10 bits per heavy atom. The van der Waals surface area contributed by atoms with Crippen molar-refractivity contribution >= 4 is 33.3 Å². The number of carbonyl (C=O) groups excluding carboxylic acids is 2. The molecule has 30 heavy (non-hydrogen) atoms. The van der Waals surface area contributed by atoms with Gasteiger partial charge in [0.05, 0.1) is 17.6 Å². The summed E-state index contributed by atoms with van der Waals surface area (Å²) in [6.07, 6.45) is 0. The number of hydrogen-bond acceptors (Lipinski definition) is 5. The number of ether oxygens (including phenoxy) is 1. The molecule has 2 N–H and O–H groups in total. The fraction of sp³-hybridized carbons (Fsp3) is 0.0909. The van der Waals surface area contributed by atoms with Crippen molar-refractivity contribution in [1.82, 2.24) is 0 Å². The summed E-state index contributed by atoms with van der Waals surface area (Å²) in [7, 11) is -2.59. The number of hydrogen-bond donors (Lipinski definition) is 2. The molecule has 0 saturated carbocycles. The predicted octanol–water partition coefficient (Wildman–Crippen LogP) is 3.83. The second-order valence-electron chi connectivity index (χ2n) is 6.47. The van der Waals surface area contributed by atoms with Crippen LogP contribution in [0.5, 0.6) is 0 Å². The van der Waals surface area contributed by atoms with Crippen LogP contribution in [0, 0.1) is 6.92 Å². The van der Waals surface area contributed by atoms with E-state index in [1.807, 2.05) is 0 Å². The van der Waals surface area contributed by atoms with Crippen LogP contribution < -0.4 is 10.0 Å². The molecule has 0 bridgehead atoms. The number of aryl methyl sites for hydroxylation is 1. The Hall–Kier alpha value is -3.65. The third-order valence-electron chi connectivity index (χ3n) is 4.33. The summed E-state index contributed by atoms with van der Waals surface area (Å²) in [5.41, 5.74) is 1.94. The molecule has 0 atom stereocenters. The topological polar surface area (TPSA) is 102 Å². The molecule has 0 aliphatic carbocycles. The van der Waals surface area contributed by atoms with E-state index in [1.54, 1.807) is 61.5 Å². The van der Waals surface area contributed by atoms with Gasteiger partial charge in [0, 0.05) is 16.9 Å². The van der Waals surface area contributed by atoms with Gasteiger partial charge < -0.3 is 10.1 Å². The van der Waals surface area contributed by atoms with Crippen LogP contribution in [0.2, 0.25) is 0 Å². The van der Waals surface area contributed by atoms with Crippen molar-refractivity contribution < 1.29 is 22.7 Å². The molecule has 0 spiro atoms. The van der Waals surface area contributed by atoms with Gasteiger partial charge in [0.15, 0.2) is 0 Å². The Labute approximate surface area is 174 Å². The highest BCUT2D eigenvalue weighted by molar-refractivity contribution is 7.92. The van der Waals surface area contributed by atoms with Gasteiger partial charge in [0.2, 0.25) is 0 Å². The number of para-hydroxylation sites is 1. The molecule has 7 nitrogen and oxygen atoms in total. The zero-order valence-corrected chi connectivity index (χ0v) is 17.2. The average Bonchev–Trinajstić information content (AvgIpc) is 2.74. The monoisotopic (exact) mass is 424 g/mol. The fourth-order valence-corrected chi connectivity index (χ4v) is 4.09. The van der Waals surface area contributed by atoms with E-state index in [1.165, 1.54) is 25.3 Å². The summed E-state index contributed by atoms with van der Waals surface area (Å²) < 4.78 is 32.7. The van der Waals surface area contributed by atoms with Crippen molar-refractivity contribution in [2.75, 3.05) is 17.1 Å². The van der Waals surface area contributed by atoms with Gasteiger partial charge >= 0.3 is 5.97 Å². The zero-order valence-electron chi connectivity index (χ0n) is 16.4. The predicted molar refractivity (Wildman–Crippen MR) is 114 cm³/mol. The molecule has 0 unspecified atom stereocenters. The first-order valence-electron chi connectivity index (χ1n) is 8.98. The molecule has 1 amide bonds. The third kappa shape index (κ3) is 4.84. The van der Waals surface area contributed by atoms with Crippen LogP contribution >= 0.6 is 0 Å². The van der Waals surface area contributed by atoms with Gasteiger partial charge in [-0.25, -0.2) is 13.2 Å². The quantitative estimate of drug-likeness (QED) is 0.586.